The van der Waals surface area contributed by atoms with Crippen molar-refractivity contribution in [3.05, 3.63) is 62.9 Å². The third-order valence-electron chi connectivity index (χ3n) is 4.13. The minimum absolute atomic E-state index is 0.110. The summed E-state index contributed by atoms with van der Waals surface area (Å²) in [5.74, 6) is -0.917. The highest BCUT2D eigenvalue weighted by molar-refractivity contribution is 7.98. The number of hydrogen-bond acceptors (Lipinski definition) is 7. The number of ether oxygens (including phenoxy) is 1. The van der Waals surface area contributed by atoms with E-state index in [9.17, 15) is 19.7 Å². The monoisotopic (exact) mass is 431 g/mol. The molecule has 0 aliphatic rings. The molecular formula is C19H17N3O5S2. The van der Waals surface area contributed by atoms with Crippen LogP contribution in [-0.2, 0) is 27.3 Å². The fourth-order valence-electron chi connectivity index (χ4n) is 2.67. The number of thiazole rings is 1. The van der Waals surface area contributed by atoms with Crippen molar-refractivity contribution in [1.29, 1.82) is 0 Å². The number of fused-ring (bicyclic) bond motifs is 1. The molecule has 3 aromatic rings. The van der Waals surface area contributed by atoms with Gasteiger partial charge >= 0.3 is 5.97 Å². The Morgan fingerprint density at radius 2 is 1.97 bits per heavy atom. The lowest BCUT2D eigenvalue weighted by molar-refractivity contribution is -0.384. The maximum Gasteiger partial charge on any atom is 0.325 e. The molecule has 0 unspecified atom stereocenters. The summed E-state index contributed by atoms with van der Waals surface area (Å²) in [6, 6.07) is 11.9. The molecule has 0 spiro atoms. The zero-order valence-corrected chi connectivity index (χ0v) is 17.3. The number of non-ortho nitro benzene ring substituents is 1. The standard InChI is InChI=1S/C19H17N3O5S2/c1-27-18(24)11-21-15-10-13(22(25)26)5-8-16(15)29-19(21)20-17(23)9-12-3-6-14(28-2)7-4-12/h3-8,10H,9,11H2,1-2H3. The summed E-state index contributed by atoms with van der Waals surface area (Å²) in [6.45, 7) is -0.202. The highest BCUT2D eigenvalue weighted by Crippen LogP contribution is 2.23. The summed E-state index contributed by atoms with van der Waals surface area (Å²) < 4.78 is 6.85. The Balaban J connectivity index is 2.01. The number of hydrogen-bond donors (Lipinski definition) is 0. The molecule has 1 amide bonds. The van der Waals surface area contributed by atoms with Crippen LogP contribution in [0.4, 0.5) is 5.69 Å². The Hall–Kier alpha value is -2.98. The number of esters is 1. The lowest BCUT2D eigenvalue weighted by Gasteiger charge is -2.04. The van der Waals surface area contributed by atoms with Gasteiger partial charge in [-0.25, -0.2) is 0 Å². The quantitative estimate of drug-likeness (QED) is 0.257. The van der Waals surface area contributed by atoms with E-state index < -0.39 is 10.9 Å². The molecule has 8 nitrogen and oxygen atoms in total. The third-order valence-corrected chi connectivity index (χ3v) is 5.93. The van der Waals surface area contributed by atoms with Crippen molar-refractivity contribution in [2.45, 2.75) is 17.9 Å². The van der Waals surface area contributed by atoms with E-state index in [1.165, 1.54) is 35.1 Å². The topological polar surface area (TPSA) is 104 Å². The molecule has 0 aliphatic carbocycles. The first-order valence-electron chi connectivity index (χ1n) is 8.46. The number of nitro groups is 1. The first-order valence-corrected chi connectivity index (χ1v) is 10.5. The van der Waals surface area contributed by atoms with Crippen molar-refractivity contribution in [2.24, 2.45) is 4.99 Å². The molecule has 0 saturated carbocycles. The highest BCUT2D eigenvalue weighted by atomic mass is 32.2. The number of rotatable bonds is 6. The zero-order valence-electron chi connectivity index (χ0n) is 15.7. The molecule has 0 aliphatic heterocycles. The van der Waals surface area contributed by atoms with Gasteiger partial charge in [0.05, 0.1) is 28.7 Å². The molecule has 0 N–H and O–H groups in total. The van der Waals surface area contributed by atoms with Crippen molar-refractivity contribution in [3.63, 3.8) is 0 Å². The van der Waals surface area contributed by atoms with Gasteiger partial charge in [0, 0.05) is 17.0 Å². The van der Waals surface area contributed by atoms with Gasteiger partial charge in [-0.2, -0.15) is 4.99 Å². The molecule has 29 heavy (non-hydrogen) atoms. The van der Waals surface area contributed by atoms with Crippen LogP contribution >= 0.6 is 23.1 Å². The van der Waals surface area contributed by atoms with E-state index in [0.717, 1.165) is 10.5 Å². The predicted molar refractivity (Wildman–Crippen MR) is 111 cm³/mol. The lowest BCUT2D eigenvalue weighted by Crippen LogP contribution is -2.22. The molecule has 3 rings (SSSR count). The van der Waals surface area contributed by atoms with Gasteiger partial charge in [0.15, 0.2) is 4.80 Å². The maximum absolute atomic E-state index is 12.5. The average molecular weight is 431 g/mol. The van der Waals surface area contributed by atoms with Crippen molar-refractivity contribution in [1.82, 2.24) is 4.57 Å². The van der Waals surface area contributed by atoms with Crippen LogP contribution in [0.1, 0.15) is 5.56 Å². The minimum atomic E-state index is -0.544. The second-order valence-corrected chi connectivity index (χ2v) is 7.88. The molecular weight excluding hydrogens is 414 g/mol. The molecule has 0 atom stereocenters. The first kappa shape index (κ1) is 20.7. The minimum Gasteiger partial charge on any atom is -0.468 e. The maximum atomic E-state index is 12.5. The summed E-state index contributed by atoms with van der Waals surface area (Å²) in [6.07, 6.45) is 2.09. The molecule has 0 fully saturated rings. The van der Waals surface area contributed by atoms with Crippen LogP contribution in [0.15, 0.2) is 52.4 Å². The number of thioether (sulfide) groups is 1. The van der Waals surface area contributed by atoms with E-state index in [1.54, 1.807) is 17.8 Å². The Labute approximate surface area is 174 Å². The van der Waals surface area contributed by atoms with Crippen LogP contribution in [0.2, 0.25) is 0 Å². The normalized spacial score (nSPS) is 11.6. The van der Waals surface area contributed by atoms with E-state index in [4.69, 9.17) is 4.74 Å². The van der Waals surface area contributed by atoms with Crippen LogP contribution < -0.4 is 4.80 Å². The van der Waals surface area contributed by atoms with Crippen molar-refractivity contribution in [2.75, 3.05) is 13.4 Å². The number of nitrogens with zero attached hydrogens (tertiary/aromatic N) is 3. The molecule has 0 bridgehead atoms. The number of aromatic nitrogens is 1. The molecule has 2 aromatic carbocycles. The molecule has 1 aromatic heterocycles. The van der Waals surface area contributed by atoms with Crippen LogP contribution in [0, 0.1) is 10.1 Å². The summed E-state index contributed by atoms with van der Waals surface area (Å²) >= 11 is 2.80. The predicted octanol–water partition coefficient (Wildman–Crippen LogP) is 3.18. The SMILES string of the molecule is COC(=O)Cn1c(=NC(=O)Cc2ccc(SC)cc2)sc2ccc([N+](=O)[O-])cc21. The Bertz CT molecular complexity index is 1150. The van der Waals surface area contributed by atoms with Crippen LogP contribution in [0.3, 0.4) is 0 Å². The zero-order chi connectivity index (χ0) is 21.0. The Morgan fingerprint density at radius 1 is 1.24 bits per heavy atom. The summed E-state index contributed by atoms with van der Waals surface area (Å²) in [4.78, 5) is 40.4. The third kappa shape index (κ3) is 4.90. The van der Waals surface area contributed by atoms with Gasteiger partial charge in [-0.1, -0.05) is 23.5 Å². The van der Waals surface area contributed by atoms with Gasteiger partial charge in [0.1, 0.15) is 6.54 Å². The number of methoxy groups -OCH3 is 1. The van der Waals surface area contributed by atoms with E-state index in [1.807, 2.05) is 30.5 Å². The highest BCUT2D eigenvalue weighted by Gasteiger charge is 2.15. The number of amides is 1. The Morgan fingerprint density at radius 3 is 2.59 bits per heavy atom. The fraction of sp³-hybridized carbons (Fsp3) is 0.211. The molecule has 0 saturated heterocycles. The summed E-state index contributed by atoms with van der Waals surface area (Å²) in [5.41, 5.74) is 1.17. The smallest absolute Gasteiger partial charge is 0.325 e. The van der Waals surface area contributed by atoms with Crippen LogP contribution in [0.25, 0.3) is 10.2 Å². The van der Waals surface area contributed by atoms with Crippen molar-refractivity contribution >= 4 is 50.9 Å². The lowest BCUT2D eigenvalue weighted by atomic mass is 10.1. The Kier molecular flexibility index (Phi) is 6.45. The van der Waals surface area contributed by atoms with E-state index in [-0.39, 0.29) is 29.4 Å². The number of benzene rings is 2. The number of carbonyl (C=O) groups excluding carboxylic acids is 2. The molecule has 1 heterocycles. The number of nitro benzene ring substituents is 1. The molecule has 10 heteroatoms. The van der Waals surface area contributed by atoms with Gasteiger partial charge in [-0.3, -0.25) is 19.7 Å². The second-order valence-electron chi connectivity index (χ2n) is 5.99. The summed E-state index contributed by atoms with van der Waals surface area (Å²) in [5, 5.41) is 11.1. The van der Waals surface area contributed by atoms with E-state index >= 15 is 0 Å². The fourth-order valence-corrected chi connectivity index (χ4v) is 4.10. The van der Waals surface area contributed by atoms with Gasteiger partial charge in [0.25, 0.3) is 11.6 Å². The van der Waals surface area contributed by atoms with Gasteiger partial charge < -0.3 is 9.30 Å². The van der Waals surface area contributed by atoms with Gasteiger partial charge in [-0.05, 0) is 30.0 Å². The molecule has 0 radical (unpaired) electrons. The van der Waals surface area contributed by atoms with Crippen molar-refractivity contribution < 1.29 is 19.2 Å². The first-order chi connectivity index (χ1) is 13.9. The van der Waals surface area contributed by atoms with Crippen LogP contribution in [-0.4, -0.2) is 34.7 Å². The van der Waals surface area contributed by atoms with Gasteiger partial charge in [0.2, 0.25) is 0 Å². The average Bonchev–Trinajstić information content (AvgIpc) is 3.04. The second kappa shape index (κ2) is 9.01. The van der Waals surface area contributed by atoms with Crippen molar-refractivity contribution in [3.8, 4) is 0 Å². The number of carbonyl (C=O) groups is 2. The van der Waals surface area contributed by atoms with E-state index in [2.05, 4.69) is 4.99 Å². The van der Waals surface area contributed by atoms with E-state index in [0.29, 0.717) is 10.2 Å². The van der Waals surface area contributed by atoms with Crippen LogP contribution in [0.5, 0.6) is 0 Å². The summed E-state index contributed by atoms with van der Waals surface area (Å²) in [7, 11) is 1.25. The van der Waals surface area contributed by atoms with Gasteiger partial charge in [-0.15, -0.1) is 11.8 Å². The largest absolute Gasteiger partial charge is 0.468 e. The molecule has 150 valence electrons.